The number of aromatic nitrogens is 1. The number of nitrogens with zero attached hydrogens (tertiary/aromatic N) is 2. The Labute approximate surface area is 298 Å². The van der Waals surface area contributed by atoms with Crippen LogP contribution < -0.4 is 31.3 Å². The summed E-state index contributed by atoms with van der Waals surface area (Å²) in [6.07, 6.45) is 9.65. The molecule has 0 spiro atoms. The lowest BCUT2D eigenvalue weighted by Crippen LogP contribution is -2.74. The van der Waals surface area contributed by atoms with Crippen LogP contribution in [0.1, 0.15) is 30.9 Å². The van der Waals surface area contributed by atoms with Crippen molar-refractivity contribution in [2.24, 2.45) is 0 Å². The average Bonchev–Trinajstić information content (AvgIpc) is 3.19. The predicted molar refractivity (Wildman–Crippen MR) is 213 cm³/mol. The first kappa shape index (κ1) is 36.1. The highest BCUT2D eigenvalue weighted by Crippen LogP contribution is 2.17. The van der Waals surface area contributed by atoms with Gasteiger partial charge in [-0.3, -0.25) is 0 Å². The summed E-state index contributed by atoms with van der Waals surface area (Å²) in [7, 11) is 0. The lowest BCUT2D eigenvalue weighted by atomic mass is 9.13. The minimum atomic E-state index is -1.22. The standard InChI is InChI=1S/C24H20B.C21H29N2O2/c1-5-13-21(14-6-1)25(22-15-7-2-8-16-22,23-17-9-3-10-18-23)24-19-11-4-12-20-24;1-2-3-12-22-13-10-20(11-14-22)5-4-19-6-8-21(9-7-19)23(15-17-24)16-18-25/h1-20H;4-11,13-14,24-25H,2-3,12,15-18H2,1H3/q-1;+1. The Morgan fingerprint density at radius 2 is 0.900 bits per heavy atom. The van der Waals surface area contributed by atoms with Crippen molar-refractivity contribution < 1.29 is 14.8 Å². The van der Waals surface area contributed by atoms with Crippen molar-refractivity contribution in [2.45, 2.75) is 26.3 Å². The minimum absolute atomic E-state index is 0.0773. The summed E-state index contributed by atoms with van der Waals surface area (Å²) >= 11 is 0. The van der Waals surface area contributed by atoms with Crippen LogP contribution in [0.2, 0.25) is 0 Å². The summed E-state index contributed by atoms with van der Waals surface area (Å²) in [6, 6.07) is 55.9. The molecule has 0 bridgehead atoms. The number of benzene rings is 5. The Balaban J connectivity index is 0.000000194. The number of aliphatic hydroxyl groups excluding tert-OH is 2. The van der Waals surface area contributed by atoms with Gasteiger partial charge in [0.05, 0.1) is 13.2 Å². The summed E-state index contributed by atoms with van der Waals surface area (Å²) in [5.41, 5.74) is 8.67. The summed E-state index contributed by atoms with van der Waals surface area (Å²) in [5.74, 6) is 0. The first-order valence-corrected chi connectivity index (χ1v) is 17.8. The minimum Gasteiger partial charge on any atom is -0.395 e. The molecule has 2 N–H and O–H groups in total. The molecule has 4 nitrogen and oxygen atoms in total. The van der Waals surface area contributed by atoms with Gasteiger partial charge in [0.15, 0.2) is 12.4 Å². The third-order valence-corrected chi connectivity index (χ3v) is 9.35. The molecule has 0 fully saturated rings. The zero-order valence-corrected chi connectivity index (χ0v) is 29.1. The number of rotatable bonds is 14. The number of unbranched alkanes of at least 4 members (excludes halogenated alkanes) is 1. The highest BCUT2D eigenvalue weighted by Gasteiger charge is 2.31. The van der Waals surface area contributed by atoms with E-state index in [1.165, 1.54) is 40.3 Å². The maximum absolute atomic E-state index is 9.12. The van der Waals surface area contributed by atoms with Gasteiger partial charge in [-0.15, -0.1) is 0 Å². The fourth-order valence-electron chi connectivity index (χ4n) is 6.79. The molecule has 50 heavy (non-hydrogen) atoms. The maximum atomic E-state index is 9.12. The zero-order valence-electron chi connectivity index (χ0n) is 29.1. The van der Waals surface area contributed by atoms with E-state index in [2.05, 4.69) is 182 Å². The molecule has 254 valence electrons. The van der Waals surface area contributed by atoms with E-state index in [1.807, 2.05) is 17.0 Å². The molecule has 5 heteroatoms. The first-order valence-electron chi connectivity index (χ1n) is 17.8. The fraction of sp³-hybridized carbons (Fsp3) is 0.178. The highest BCUT2D eigenvalue weighted by molar-refractivity contribution is 7.19. The molecular formula is C45H49BN2O2. The smallest absolute Gasteiger partial charge is 0.169 e. The van der Waals surface area contributed by atoms with Crippen molar-refractivity contribution >= 4 is 45.8 Å². The number of hydrogen-bond acceptors (Lipinski definition) is 3. The van der Waals surface area contributed by atoms with Crippen LogP contribution in [0.4, 0.5) is 5.69 Å². The lowest BCUT2D eigenvalue weighted by molar-refractivity contribution is -0.697. The Hall–Kier alpha value is -5.23. The Morgan fingerprint density at radius 3 is 1.26 bits per heavy atom. The van der Waals surface area contributed by atoms with E-state index in [4.69, 9.17) is 10.2 Å². The topological polar surface area (TPSA) is 47.6 Å². The first-order chi connectivity index (χ1) is 24.7. The molecule has 0 unspecified atom stereocenters. The number of anilines is 1. The molecule has 0 saturated heterocycles. The van der Waals surface area contributed by atoms with Gasteiger partial charge >= 0.3 is 0 Å². The molecule has 0 aliphatic rings. The van der Waals surface area contributed by atoms with Crippen molar-refractivity contribution in [3.63, 3.8) is 0 Å². The molecular weight excluding hydrogens is 611 g/mol. The van der Waals surface area contributed by atoms with Crippen LogP contribution in [0.25, 0.3) is 12.2 Å². The summed E-state index contributed by atoms with van der Waals surface area (Å²) in [4.78, 5) is 1.97. The van der Waals surface area contributed by atoms with Crippen molar-refractivity contribution in [2.75, 3.05) is 31.2 Å². The number of aryl methyl sites for hydroxylation is 1. The van der Waals surface area contributed by atoms with Crippen LogP contribution in [0, 0.1) is 0 Å². The Morgan fingerprint density at radius 1 is 0.520 bits per heavy atom. The van der Waals surface area contributed by atoms with Crippen molar-refractivity contribution in [1.82, 2.24) is 0 Å². The third kappa shape index (κ3) is 9.26. The molecule has 0 radical (unpaired) electrons. The Bertz CT molecular complexity index is 1660. The van der Waals surface area contributed by atoms with Crippen molar-refractivity contribution in [3.05, 3.63) is 181 Å². The van der Waals surface area contributed by atoms with Crippen LogP contribution in [0.5, 0.6) is 0 Å². The van der Waals surface area contributed by atoms with Crippen LogP contribution in [0.3, 0.4) is 0 Å². The van der Waals surface area contributed by atoms with E-state index in [0.29, 0.717) is 13.1 Å². The second-order valence-corrected chi connectivity index (χ2v) is 12.6. The van der Waals surface area contributed by atoms with Crippen molar-refractivity contribution in [3.8, 4) is 0 Å². The van der Waals surface area contributed by atoms with Crippen LogP contribution in [-0.2, 0) is 6.54 Å². The van der Waals surface area contributed by atoms with Gasteiger partial charge in [-0.2, -0.15) is 21.9 Å². The summed E-state index contributed by atoms with van der Waals surface area (Å²) in [5, 5.41) is 18.2. The molecule has 1 heterocycles. The van der Waals surface area contributed by atoms with Gasteiger partial charge in [-0.05, 0) is 23.3 Å². The quantitative estimate of drug-likeness (QED) is 0.115. The summed E-state index contributed by atoms with van der Waals surface area (Å²) < 4.78 is 2.21. The molecule has 1 aromatic heterocycles. The normalized spacial score (nSPS) is 11.2. The maximum Gasteiger partial charge on any atom is 0.169 e. The lowest BCUT2D eigenvalue weighted by Gasteiger charge is -2.44. The van der Waals surface area contributed by atoms with Gasteiger partial charge in [-0.25, -0.2) is 4.57 Å². The third-order valence-electron chi connectivity index (χ3n) is 9.35. The molecule has 6 rings (SSSR count). The van der Waals surface area contributed by atoms with E-state index in [9.17, 15) is 0 Å². The average molecular weight is 661 g/mol. The molecule has 5 aromatic carbocycles. The van der Waals surface area contributed by atoms with E-state index in [0.717, 1.165) is 17.8 Å². The molecule has 0 aliphatic carbocycles. The second-order valence-electron chi connectivity index (χ2n) is 12.6. The van der Waals surface area contributed by atoms with Crippen LogP contribution in [0.15, 0.2) is 170 Å². The second kappa shape index (κ2) is 19.1. The van der Waals surface area contributed by atoms with Gasteiger partial charge in [0, 0.05) is 37.3 Å². The molecule has 0 atom stereocenters. The van der Waals surface area contributed by atoms with E-state index in [-0.39, 0.29) is 13.2 Å². The molecule has 0 aliphatic heterocycles. The molecule has 6 aromatic rings. The fourth-order valence-corrected chi connectivity index (χ4v) is 6.79. The largest absolute Gasteiger partial charge is 0.395 e. The van der Waals surface area contributed by atoms with E-state index >= 15 is 0 Å². The highest BCUT2D eigenvalue weighted by atomic mass is 16.3. The van der Waals surface area contributed by atoms with Crippen molar-refractivity contribution in [1.29, 1.82) is 0 Å². The Kier molecular flexibility index (Phi) is 13.8. The summed E-state index contributed by atoms with van der Waals surface area (Å²) in [6.45, 7) is 4.48. The van der Waals surface area contributed by atoms with Crippen LogP contribution >= 0.6 is 0 Å². The van der Waals surface area contributed by atoms with Gasteiger partial charge in [0.25, 0.3) is 0 Å². The SMILES string of the molecule is CCCC[n+]1ccc(/C=C/c2ccc(N(CCO)CCO)cc2)cc1.c1ccc([B-](c2ccccc2)(c2ccccc2)c2ccccc2)cc1. The predicted octanol–water partition coefficient (Wildman–Crippen LogP) is 5.80. The van der Waals surface area contributed by atoms with E-state index in [1.54, 1.807) is 0 Å². The van der Waals surface area contributed by atoms with Gasteiger partial charge < -0.3 is 15.1 Å². The van der Waals surface area contributed by atoms with Gasteiger partial charge in [-0.1, -0.05) is 159 Å². The van der Waals surface area contributed by atoms with Crippen LogP contribution in [-0.4, -0.2) is 42.7 Å². The monoisotopic (exact) mass is 660 g/mol. The number of hydrogen-bond donors (Lipinski definition) is 2. The molecule has 0 amide bonds. The zero-order chi connectivity index (χ0) is 34.9. The van der Waals surface area contributed by atoms with E-state index < -0.39 is 6.15 Å². The van der Waals surface area contributed by atoms with Gasteiger partial charge in [0.2, 0.25) is 0 Å². The number of aliphatic hydroxyl groups is 2. The molecule has 0 saturated carbocycles. The number of pyridine rings is 1. The van der Waals surface area contributed by atoms with Gasteiger partial charge in [0.1, 0.15) is 12.7 Å².